The number of fused-ring (bicyclic) bond motifs is 2. The molecule has 2 aromatic carbocycles. The number of hydrazone groups is 1. The maximum absolute atomic E-state index is 4.86. The Morgan fingerprint density at radius 2 is 1.61 bits per heavy atom. The van der Waals surface area contributed by atoms with Crippen LogP contribution >= 0.6 is 0 Å². The summed E-state index contributed by atoms with van der Waals surface area (Å²) in [6.07, 6.45) is 3.00. The molecule has 0 atom stereocenters. The van der Waals surface area contributed by atoms with Crippen molar-refractivity contribution in [3.63, 3.8) is 0 Å². The summed E-state index contributed by atoms with van der Waals surface area (Å²) in [4.78, 5) is 0. The quantitative estimate of drug-likeness (QED) is 0.728. The van der Waals surface area contributed by atoms with Crippen LogP contribution in [0.5, 0.6) is 0 Å². The van der Waals surface area contributed by atoms with Crippen molar-refractivity contribution in [1.82, 2.24) is 5.01 Å². The molecule has 2 heteroatoms. The van der Waals surface area contributed by atoms with E-state index in [-0.39, 0.29) is 0 Å². The lowest BCUT2D eigenvalue weighted by molar-refractivity contribution is 0.501. The SMILES string of the molecule is C=C1CCC2=C(c3ccccc31)N(C)N=C(c1ccccc1)C2. The summed E-state index contributed by atoms with van der Waals surface area (Å²) in [6, 6.07) is 19.1. The summed E-state index contributed by atoms with van der Waals surface area (Å²) in [7, 11) is 2.06. The van der Waals surface area contributed by atoms with Gasteiger partial charge < -0.3 is 0 Å². The molecular weight excluding hydrogens is 280 g/mol. The monoisotopic (exact) mass is 300 g/mol. The third-order valence-electron chi connectivity index (χ3n) is 4.71. The van der Waals surface area contributed by atoms with E-state index in [9.17, 15) is 0 Å². The molecule has 0 aromatic heterocycles. The van der Waals surface area contributed by atoms with Crippen LogP contribution < -0.4 is 0 Å². The van der Waals surface area contributed by atoms with Crippen LogP contribution in [0, 0.1) is 0 Å². The van der Waals surface area contributed by atoms with Crippen molar-refractivity contribution in [2.45, 2.75) is 19.3 Å². The average Bonchev–Trinajstić information content (AvgIpc) is 2.73. The average molecular weight is 300 g/mol. The van der Waals surface area contributed by atoms with Crippen LogP contribution in [0.2, 0.25) is 0 Å². The van der Waals surface area contributed by atoms with E-state index in [1.807, 2.05) is 6.07 Å². The van der Waals surface area contributed by atoms with Crippen molar-refractivity contribution in [2.75, 3.05) is 7.05 Å². The van der Waals surface area contributed by atoms with E-state index in [0.29, 0.717) is 0 Å². The minimum Gasteiger partial charge on any atom is -0.268 e. The molecule has 0 amide bonds. The van der Waals surface area contributed by atoms with Gasteiger partial charge in [-0.25, -0.2) is 0 Å². The first kappa shape index (κ1) is 14.0. The van der Waals surface area contributed by atoms with Crippen molar-refractivity contribution >= 4 is 17.0 Å². The number of hydrogen-bond donors (Lipinski definition) is 0. The Labute approximate surface area is 137 Å². The van der Waals surface area contributed by atoms with Crippen molar-refractivity contribution in [3.8, 4) is 0 Å². The van der Waals surface area contributed by atoms with Crippen LogP contribution in [-0.2, 0) is 0 Å². The highest BCUT2D eigenvalue weighted by Gasteiger charge is 2.26. The smallest absolute Gasteiger partial charge is 0.0723 e. The number of nitrogens with zero attached hydrogens (tertiary/aromatic N) is 2. The number of benzene rings is 2. The van der Waals surface area contributed by atoms with Gasteiger partial charge in [-0.05, 0) is 35.1 Å². The molecule has 2 nitrogen and oxygen atoms in total. The van der Waals surface area contributed by atoms with E-state index in [4.69, 9.17) is 5.10 Å². The molecule has 1 aliphatic carbocycles. The van der Waals surface area contributed by atoms with E-state index in [0.717, 1.165) is 25.0 Å². The number of rotatable bonds is 1. The molecule has 0 N–H and O–H groups in total. The molecule has 0 unspecified atom stereocenters. The van der Waals surface area contributed by atoms with Crippen LogP contribution in [-0.4, -0.2) is 17.8 Å². The zero-order chi connectivity index (χ0) is 15.8. The third kappa shape index (κ3) is 2.40. The van der Waals surface area contributed by atoms with Crippen molar-refractivity contribution < 1.29 is 0 Å². The van der Waals surface area contributed by atoms with E-state index >= 15 is 0 Å². The second kappa shape index (κ2) is 5.54. The van der Waals surface area contributed by atoms with Gasteiger partial charge in [-0.1, -0.05) is 61.2 Å². The molecule has 23 heavy (non-hydrogen) atoms. The second-order valence-electron chi connectivity index (χ2n) is 6.21. The van der Waals surface area contributed by atoms with Gasteiger partial charge in [0.15, 0.2) is 0 Å². The molecule has 2 aliphatic rings. The molecule has 4 rings (SSSR count). The lowest BCUT2D eigenvalue weighted by Gasteiger charge is -2.28. The fourth-order valence-corrected chi connectivity index (χ4v) is 3.58. The molecule has 1 heterocycles. The first-order chi connectivity index (χ1) is 11.2. The Balaban J connectivity index is 1.80. The van der Waals surface area contributed by atoms with E-state index in [1.165, 1.54) is 33.5 Å². The van der Waals surface area contributed by atoms with E-state index in [1.54, 1.807) is 0 Å². The van der Waals surface area contributed by atoms with Gasteiger partial charge in [0.05, 0.1) is 11.4 Å². The minimum atomic E-state index is 0.922. The molecule has 0 bridgehead atoms. The summed E-state index contributed by atoms with van der Waals surface area (Å²) < 4.78 is 0. The van der Waals surface area contributed by atoms with Gasteiger partial charge in [0.1, 0.15) is 0 Å². The normalized spacial score (nSPS) is 17.3. The lowest BCUT2D eigenvalue weighted by atomic mass is 9.94. The summed E-state index contributed by atoms with van der Waals surface area (Å²) in [5.74, 6) is 0. The van der Waals surface area contributed by atoms with Gasteiger partial charge >= 0.3 is 0 Å². The largest absolute Gasteiger partial charge is 0.268 e. The zero-order valence-corrected chi connectivity index (χ0v) is 13.4. The highest BCUT2D eigenvalue weighted by atomic mass is 15.4. The van der Waals surface area contributed by atoms with Gasteiger partial charge in [-0.2, -0.15) is 5.10 Å². The highest BCUT2D eigenvalue weighted by molar-refractivity contribution is 6.04. The van der Waals surface area contributed by atoms with Gasteiger partial charge in [0, 0.05) is 19.0 Å². The van der Waals surface area contributed by atoms with Crippen LogP contribution in [0.4, 0.5) is 0 Å². The van der Waals surface area contributed by atoms with Gasteiger partial charge in [-0.3, -0.25) is 5.01 Å². The third-order valence-corrected chi connectivity index (χ3v) is 4.71. The van der Waals surface area contributed by atoms with Gasteiger partial charge in [0.2, 0.25) is 0 Å². The van der Waals surface area contributed by atoms with Crippen molar-refractivity contribution in [2.24, 2.45) is 5.10 Å². The molecule has 1 aliphatic heterocycles. The first-order valence-electron chi connectivity index (χ1n) is 8.10. The summed E-state index contributed by atoms with van der Waals surface area (Å²) in [5.41, 5.74) is 8.85. The molecule has 0 saturated carbocycles. The maximum atomic E-state index is 4.86. The predicted molar refractivity (Wildman–Crippen MR) is 97.0 cm³/mol. The van der Waals surface area contributed by atoms with E-state index in [2.05, 4.69) is 67.2 Å². The minimum absolute atomic E-state index is 0.922. The molecule has 0 fully saturated rings. The molecule has 0 radical (unpaired) electrons. The first-order valence-corrected chi connectivity index (χ1v) is 8.10. The standard InChI is InChI=1S/C21H20N2/c1-15-12-13-17-14-20(16-8-4-3-5-9-16)22-23(2)21(17)19-11-7-6-10-18(15)19/h3-11H,1,12-14H2,2H3. The molecular formula is C21H20N2. The fraction of sp³-hybridized carbons (Fsp3) is 0.190. The number of hydrogen-bond acceptors (Lipinski definition) is 2. The van der Waals surface area contributed by atoms with Gasteiger partial charge in [0.25, 0.3) is 0 Å². The van der Waals surface area contributed by atoms with E-state index < -0.39 is 0 Å². The Hall–Kier alpha value is -2.61. The summed E-state index contributed by atoms with van der Waals surface area (Å²) in [5, 5.41) is 6.92. The zero-order valence-electron chi connectivity index (χ0n) is 13.4. The fourth-order valence-electron chi connectivity index (χ4n) is 3.58. The topological polar surface area (TPSA) is 15.6 Å². The molecule has 0 spiro atoms. The van der Waals surface area contributed by atoms with Crippen LogP contribution in [0.1, 0.15) is 36.0 Å². The molecule has 114 valence electrons. The van der Waals surface area contributed by atoms with Gasteiger partial charge in [-0.15, -0.1) is 0 Å². The molecule has 0 saturated heterocycles. The Bertz CT molecular complexity index is 828. The summed E-state index contributed by atoms with van der Waals surface area (Å²) >= 11 is 0. The maximum Gasteiger partial charge on any atom is 0.0723 e. The van der Waals surface area contributed by atoms with Crippen molar-refractivity contribution in [1.29, 1.82) is 0 Å². The van der Waals surface area contributed by atoms with Crippen molar-refractivity contribution in [3.05, 3.63) is 83.4 Å². The Morgan fingerprint density at radius 3 is 2.39 bits per heavy atom. The van der Waals surface area contributed by atoms with Crippen LogP contribution in [0.3, 0.4) is 0 Å². The second-order valence-corrected chi connectivity index (χ2v) is 6.21. The summed E-state index contributed by atoms with van der Waals surface area (Å²) in [6.45, 7) is 4.29. The Kier molecular flexibility index (Phi) is 3.38. The lowest BCUT2D eigenvalue weighted by Crippen LogP contribution is -2.22. The van der Waals surface area contributed by atoms with Crippen LogP contribution in [0.25, 0.3) is 11.3 Å². The Morgan fingerprint density at radius 1 is 0.913 bits per heavy atom. The molecule has 2 aromatic rings. The number of allylic oxidation sites excluding steroid dienone is 2. The predicted octanol–water partition coefficient (Wildman–Crippen LogP) is 4.94. The van der Waals surface area contributed by atoms with Crippen LogP contribution in [0.15, 0.2) is 71.9 Å². The highest BCUT2D eigenvalue weighted by Crippen LogP contribution is 2.40.